The van der Waals surface area contributed by atoms with Gasteiger partial charge >= 0.3 is 0 Å². The van der Waals surface area contributed by atoms with E-state index in [1.54, 1.807) is 21.3 Å². The number of nitrogens with one attached hydrogen (secondary N) is 1. The third kappa shape index (κ3) is 11.4. The second-order valence-electron chi connectivity index (χ2n) is 7.67. The van der Waals surface area contributed by atoms with E-state index in [2.05, 4.69) is 17.4 Å². The molecule has 0 saturated carbocycles. The number of unbranched alkanes of at least 4 members (excludes halogenated alkanes) is 3. The highest BCUT2D eigenvalue weighted by molar-refractivity contribution is 5.78. The van der Waals surface area contributed by atoms with Crippen molar-refractivity contribution in [1.82, 2.24) is 5.32 Å². The van der Waals surface area contributed by atoms with E-state index in [9.17, 15) is 4.79 Å². The minimum atomic E-state index is 0.0759. The van der Waals surface area contributed by atoms with Crippen molar-refractivity contribution in [3.63, 3.8) is 0 Å². The second-order valence-corrected chi connectivity index (χ2v) is 7.67. The fourth-order valence-electron chi connectivity index (χ4n) is 3.24. The molecule has 0 aromatic heterocycles. The summed E-state index contributed by atoms with van der Waals surface area (Å²) in [5.41, 5.74) is 1.27. The predicted molar refractivity (Wildman–Crippen MR) is 120 cm³/mol. The Hall–Kier alpha value is -1.79. The number of ether oxygens (including phenoxy) is 4. The van der Waals surface area contributed by atoms with Gasteiger partial charge in [0.1, 0.15) is 0 Å². The smallest absolute Gasteiger partial charge is 0.222 e. The molecule has 0 radical (unpaired) electrons. The zero-order valence-electron chi connectivity index (χ0n) is 19.3. The lowest BCUT2D eigenvalue weighted by atomic mass is 10.00. The van der Waals surface area contributed by atoms with Crippen LogP contribution in [0.1, 0.15) is 57.4 Å². The van der Waals surface area contributed by atoms with Gasteiger partial charge in [0.2, 0.25) is 5.91 Å². The zero-order chi connectivity index (χ0) is 22.0. The molecule has 1 rings (SSSR count). The molecule has 1 aromatic rings. The number of methoxy groups -OCH3 is 3. The molecular formula is C24H41NO5. The molecule has 1 N–H and O–H groups in total. The van der Waals surface area contributed by atoms with Gasteiger partial charge in [0.15, 0.2) is 11.5 Å². The van der Waals surface area contributed by atoms with Gasteiger partial charge in [0, 0.05) is 46.3 Å². The lowest BCUT2D eigenvalue weighted by Crippen LogP contribution is -2.30. The maximum Gasteiger partial charge on any atom is 0.222 e. The van der Waals surface area contributed by atoms with Gasteiger partial charge in [-0.3, -0.25) is 4.79 Å². The minimum Gasteiger partial charge on any atom is -0.493 e. The molecule has 0 aliphatic rings. The van der Waals surface area contributed by atoms with Crippen LogP contribution < -0.4 is 14.8 Å². The highest BCUT2D eigenvalue weighted by atomic mass is 16.5. The molecular weight excluding hydrogens is 382 g/mol. The topological polar surface area (TPSA) is 66.0 Å². The Morgan fingerprint density at radius 1 is 0.900 bits per heavy atom. The summed E-state index contributed by atoms with van der Waals surface area (Å²) in [4.78, 5) is 12.0. The maximum atomic E-state index is 12.0. The van der Waals surface area contributed by atoms with E-state index in [0.29, 0.717) is 26.4 Å². The normalized spacial score (nSPS) is 11.9. The summed E-state index contributed by atoms with van der Waals surface area (Å²) in [6.07, 6.45) is 8.21. The number of carbonyl (C=O) groups excluding carboxylic acids is 1. The van der Waals surface area contributed by atoms with Gasteiger partial charge in [0.05, 0.1) is 13.7 Å². The van der Waals surface area contributed by atoms with Crippen molar-refractivity contribution >= 4 is 5.91 Å². The molecule has 1 aromatic carbocycles. The number of amides is 1. The number of hydrogen-bond donors (Lipinski definition) is 1. The van der Waals surface area contributed by atoms with Crippen molar-refractivity contribution in [3.8, 4) is 11.5 Å². The van der Waals surface area contributed by atoms with Crippen LogP contribution in [0.4, 0.5) is 0 Å². The maximum absolute atomic E-state index is 12.0. The zero-order valence-corrected chi connectivity index (χ0v) is 19.3. The highest BCUT2D eigenvalue weighted by Crippen LogP contribution is 2.29. The predicted octanol–water partition coefficient (Wildman–Crippen LogP) is 4.39. The van der Waals surface area contributed by atoms with Crippen molar-refractivity contribution < 1.29 is 23.7 Å². The van der Waals surface area contributed by atoms with E-state index in [0.717, 1.165) is 62.9 Å². The van der Waals surface area contributed by atoms with E-state index in [-0.39, 0.29) is 11.8 Å². The summed E-state index contributed by atoms with van der Waals surface area (Å²) in [5.74, 6) is 1.80. The van der Waals surface area contributed by atoms with Crippen molar-refractivity contribution in [2.45, 2.75) is 58.3 Å². The third-order valence-electron chi connectivity index (χ3n) is 5.10. The van der Waals surface area contributed by atoms with Crippen LogP contribution in [0.15, 0.2) is 18.2 Å². The fourth-order valence-corrected chi connectivity index (χ4v) is 3.24. The van der Waals surface area contributed by atoms with Gasteiger partial charge in [-0.05, 0) is 43.4 Å². The van der Waals surface area contributed by atoms with Gasteiger partial charge in [-0.25, -0.2) is 0 Å². The van der Waals surface area contributed by atoms with Crippen LogP contribution in [0.3, 0.4) is 0 Å². The molecule has 30 heavy (non-hydrogen) atoms. The highest BCUT2D eigenvalue weighted by Gasteiger charge is 2.11. The number of benzene rings is 1. The molecule has 0 aliphatic carbocycles. The molecule has 0 unspecified atom stereocenters. The summed E-state index contributed by atoms with van der Waals surface area (Å²) in [6, 6.07) is 6.17. The summed E-state index contributed by atoms with van der Waals surface area (Å²) in [7, 11) is 5.04. The molecule has 0 spiro atoms. The summed E-state index contributed by atoms with van der Waals surface area (Å²) in [6.45, 7) is 4.69. The molecule has 1 amide bonds. The number of hydrogen-bond acceptors (Lipinski definition) is 5. The fraction of sp³-hybridized carbons (Fsp3) is 0.708. The Morgan fingerprint density at radius 3 is 2.37 bits per heavy atom. The molecule has 6 nitrogen and oxygen atoms in total. The number of rotatable bonds is 18. The van der Waals surface area contributed by atoms with Crippen LogP contribution in [-0.2, 0) is 20.7 Å². The van der Waals surface area contributed by atoms with Crippen molar-refractivity contribution in [2.24, 2.45) is 5.92 Å². The van der Waals surface area contributed by atoms with Crippen LogP contribution in [0.25, 0.3) is 0 Å². The van der Waals surface area contributed by atoms with Gasteiger partial charge < -0.3 is 24.3 Å². The first-order valence-electron chi connectivity index (χ1n) is 11.2. The van der Waals surface area contributed by atoms with E-state index < -0.39 is 0 Å². The van der Waals surface area contributed by atoms with Crippen LogP contribution in [0, 0.1) is 5.92 Å². The molecule has 172 valence electrons. The molecule has 0 heterocycles. The molecule has 0 saturated heterocycles. The van der Waals surface area contributed by atoms with E-state index >= 15 is 0 Å². The van der Waals surface area contributed by atoms with Crippen LogP contribution in [-0.4, -0.2) is 53.6 Å². The summed E-state index contributed by atoms with van der Waals surface area (Å²) in [5, 5.41) is 2.98. The van der Waals surface area contributed by atoms with Crippen molar-refractivity contribution in [3.05, 3.63) is 23.8 Å². The van der Waals surface area contributed by atoms with Gasteiger partial charge in [-0.1, -0.05) is 32.3 Å². The van der Waals surface area contributed by atoms with E-state index in [4.69, 9.17) is 18.9 Å². The largest absolute Gasteiger partial charge is 0.493 e. The lowest BCUT2D eigenvalue weighted by molar-refractivity contribution is -0.124. The molecule has 0 fully saturated rings. The number of aryl methyl sites for hydroxylation is 1. The number of carbonyl (C=O) groups is 1. The first-order chi connectivity index (χ1) is 14.6. The standard InChI is InChI=1S/C24H41NO5/c1-20(24(26)25-15-9-16-27-2)11-7-5-6-8-12-21-13-14-22(29-4)23(19-21)30-18-10-17-28-3/h13-14,19-20H,5-12,15-18H2,1-4H3,(H,25,26)/t20-/m1/s1. The first-order valence-corrected chi connectivity index (χ1v) is 11.2. The van der Waals surface area contributed by atoms with Crippen molar-refractivity contribution in [1.29, 1.82) is 0 Å². The van der Waals surface area contributed by atoms with Crippen LogP contribution in [0.5, 0.6) is 11.5 Å². The second kappa shape index (κ2) is 16.9. The Bertz CT molecular complexity index is 579. The van der Waals surface area contributed by atoms with Gasteiger partial charge in [-0.15, -0.1) is 0 Å². The Balaban J connectivity index is 2.23. The summed E-state index contributed by atoms with van der Waals surface area (Å²) >= 11 is 0. The Kier molecular flexibility index (Phi) is 14.8. The molecule has 0 bridgehead atoms. The van der Waals surface area contributed by atoms with E-state index in [1.807, 2.05) is 13.0 Å². The van der Waals surface area contributed by atoms with Crippen LogP contribution in [0.2, 0.25) is 0 Å². The average molecular weight is 424 g/mol. The Morgan fingerprint density at radius 2 is 1.63 bits per heavy atom. The van der Waals surface area contributed by atoms with Crippen molar-refractivity contribution in [2.75, 3.05) is 47.7 Å². The lowest BCUT2D eigenvalue weighted by Gasteiger charge is -2.13. The third-order valence-corrected chi connectivity index (χ3v) is 5.10. The van der Waals surface area contributed by atoms with Gasteiger partial charge in [-0.2, -0.15) is 0 Å². The molecule has 6 heteroatoms. The first kappa shape index (κ1) is 26.2. The quantitative estimate of drug-likeness (QED) is 0.355. The minimum absolute atomic E-state index is 0.0759. The van der Waals surface area contributed by atoms with E-state index in [1.165, 1.54) is 5.56 Å². The monoisotopic (exact) mass is 423 g/mol. The molecule has 0 aliphatic heterocycles. The SMILES string of the molecule is COCCCNC(=O)[C@H](C)CCCCCCc1ccc(OC)c(OCCCOC)c1. The average Bonchev–Trinajstić information content (AvgIpc) is 2.76. The Labute approximate surface area is 182 Å². The van der Waals surface area contributed by atoms with Crippen LogP contribution >= 0.6 is 0 Å². The van der Waals surface area contributed by atoms with Gasteiger partial charge in [0.25, 0.3) is 0 Å². The summed E-state index contributed by atoms with van der Waals surface area (Å²) < 4.78 is 21.3. The molecule has 1 atom stereocenters.